The summed E-state index contributed by atoms with van der Waals surface area (Å²) < 4.78 is 1.32. The van der Waals surface area contributed by atoms with Crippen molar-refractivity contribution in [1.82, 2.24) is 15.0 Å². The monoisotopic (exact) mass is 439 g/mol. The Kier molecular flexibility index (Phi) is 5.64. The Labute approximate surface area is 181 Å². The zero-order valence-corrected chi connectivity index (χ0v) is 17.9. The molecule has 0 radical (unpaired) electrons. The number of nitrogens with zero attached hydrogens (tertiary/aromatic N) is 4. The van der Waals surface area contributed by atoms with Crippen LogP contribution >= 0.6 is 11.3 Å². The van der Waals surface area contributed by atoms with Crippen LogP contribution in [0.1, 0.15) is 42.3 Å². The SMILES string of the molecule is C[C@H]1CCc2c(sc3ncn([C@H](C)C(=O)N/N=C\c4cccc([N+](=O)[O-])c4)c(=O)c23)C1. The normalized spacial score (nSPS) is 16.9. The first-order chi connectivity index (χ1) is 14.8. The molecule has 0 aliphatic heterocycles. The summed E-state index contributed by atoms with van der Waals surface area (Å²) >= 11 is 1.56. The van der Waals surface area contributed by atoms with Crippen LogP contribution < -0.4 is 11.0 Å². The van der Waals surface area contributed by atoms with Gasteiger partial charge in [-0.25, -0.2) is 10.4 Å². The standard InChI is InChI=1S/C21H21N5O4S/c1-12-6-7-16-17(8-12)31-20-18(16)21(28)25(11-22-20)13(2)19(27)24-23-10-14-4-3-5-15(9-14)26(29)30/h3-5,9-13H,6-8H2,1-2H3,(H,24,27)/b23-10-/t12-,13+/m0/s1. The van der Waals surface area contributed by atoms with Crippen LogP contribution in [0.2, 0.25) is 0 Å². The van der Waals surface area contributed by atoms with Crippen molar-refractivity contribution in [1.29, 1.82) is 0 Å². The summed E-state index contributed by atoms with van der Waals surface area (Å²) in [5.74, 6) is 0.110. The molecule has 1 amide bonds. The number of carbonyl (C=O) groups is 1. The molecule has 31 heavy (non-hydrogen) atoms. The summed E-state index contributed by atoms with van der Waals surface area (Å²) in [6.07, 6.45) is 5.57. The van der Waals surface area contributed by atoms with E-state index < -0.39 is 16.9 Å². The number of amides is 1. The predicted octanol–water partition coefficient (Wildman–Crippen LogP) is 3.20. The van der Waals surface area contributed by atoms with Gasteiger partial charge in [0.1, 0.15) is 10.9 Å². The summed E-state index contributed by atoms with van der Waals surface area (Å²) in [6, 6.07) is 5.07. The van der Waals surface area contributed by atoms with E-state index in [1.54, 1.807) is 24.3 Å². The van der Waals surface area contributed by atoms with Gasteiger partial charge in [-0.3, -0.25) is 24.3 Å². The lowest BCUT2D eigenvalue weighted by Gasteiger charge is -2.18. The molecule has 160 valence electrons. The topological polar surface area (TPSA) is 119 Å². The molecule has 0 saturated heterocycles. The van der Waals surface area contributed by atoms with Gasteiger partial charge in [0.2, 0.25) is 0 Å². The lowest BCUT2D eigenvalue weighted by atomic mass is 9.89. The second-order valence-electron chi connectivity index (χ2n) is 7.75. The van der Waals surface area contributed by atoms with Crippen LogP contribution in [0.5, 0.6) is 0 Å². The zero-order chi connectivity index (χ0) is 22.1. The molecule has 0 unspecified atom stereocenters. The molecule has 1 aliphatic rings. The number of benzene rings is 1. The molecule has 1 aliphatic carbocycles. The molecule has 0 spiro atoms. The third-order valence-corrected chi connectivity index (χ3v) is 6.67. The number of thiophene rings is 1. The van der Waals surface area contributed by atoms with Crippen molar-refractivity contribution in [3.8, 4) is 0 Å². The molecule has 3 aromatic rings. The highest BCUT2D eigenvalue weighted by Crippen LogP contribution is 2.35. The first-order valence-electron chi connectivity index (χ1n) is 9.94. The Hall–Kier alpha value is -3.40. The summed E-state index contributed by atoms with van der Waals surface area (Å²) in [7, 11) is 0. The van der Waals surface area contributed by atoms with Crippen LogP contribution in [0.15, 0.2) is 40.5 Å². The van der Waals surface area contributed by atoms with Gasteiger partial charge in [0.05, 0.1) is 22.9 Å². The molecule has 2 aromatic heterocycles. The number of nitro groups is 1. The van der Waals surface area contributed by atoms with Gasteiger partial charge in [-0.15, -0.1) is 11.3 Å². The highest BCUT2D eigenvalue weighted by molar-refractivity contribution is 7.18. The third-order valence-electron chi connectivity index (χ3n) is 5.51. The Morgan fingerprint density at radius 2 is 2.29 bits per heavy atom. The molecule has 2 atom stereocenters. The number of aromatic nitrogens is 2. The molecular formula is C21H21N5O4S. The quantitative estimate of drug-likeness (QED) is 0.372. The Morgan fingerprint density at radius 3 is 3.06 bits per heavy atom. The molecule has 0 fully saturated rings. The fourth-order valence-electron chi connectivity index (χ4n) is 3.73. The number of non-ortho nitro benzene ring substituents is 1. The van der Waals surface area contributed by atoms with Gasteiger partial charge in [-0.1, -0.05) is 19.1 Å². The summed E-state index contributed by atoms with van der Waals surface area (Å²) in [4.78, 5) is 42.4. The van der Waals surface area contributed by atoms with E-state index in [4.69, 9.17) is 0 Å². The Balaban J connectivity index is 1.54. The van der Waals surface area contributed by atoms with Crippen molar-refractivity contribution in [2.24, 2.45) is 11.0 Å². The number of fused-ring (bicyclic) bond motifs is 3. The van der Waals surface area contributed by atoms with E-state index in [1.807, 2.05) is 0 Å². The molecule has 9 nitrogen and oxygen atoms in total. The minimum Gasteiger partial charge on any atom is -0.286 e. The van der Waals surface area contributed by atoms with Crippen molar-refractivity contribution < 1.29 is 9.72 Å². The number of nitro benzene ring substituents is 1. The van der Waals surface area contributed by atoms with E-state index in [0.29, 0.717) is 16.9 Å². The number of nitrogens with one attached hydrogen (secondary N) is 1. The van der Waals surface area contributed by atoms with E-state index in [0.717, 1.165) is 29.7 Å². The van der Waals surface area contributed by atoms with E-state index in [1.165, 1.54) is 40.2 Å². The smallest absolute Gasteiger partial charge is 0.270 e. The average molecular weight is 439 g/mol. The molecule has 1 N–H and O–H groups in total. The average Bonchev–Trinajstić information content (AvgIpc) is 3.12. The number of carbonyl (C=O) groups excluding carboxylic acids is 1. The molecule has 2 heterocycles. The van der Waals surface area contributed by atoms with Gasteiger partial charge in [-0.2, -0.15) is 5.10 Å². The lowest BCUT2D eigenvalue weighted by molar-refractivity contribution is -0.384. The minimum absolute atomic E-state index is 0.0666. The number of hydrogen-bond acceptors (Lipinski definition) is 7. The largest absolute Gasteiger partial charge is 0.286 e. The second kappa shape index (κ2) is 8.38. The summed E-state index contributed by atoms with van der Waals surface area (Å²) in [5.41, 5.74) is 3.65. The molecular weight excluding hydrogens is 418 g/mol. The van der Waals surface area contributed by atoms with Crippen molar-refractivity contribution >= 4 is 39.4 Å². The maximum atomic E-state index is 13.1. The van der Waals surface area contributed by atoms with Gasteiger partial charge >= 0.3 is 0 Å². The van der Waals surface area contributed by atoms with E-state index in [9.17, 15) is 19.7 Å². The lowest BCUT2D eigenvalue weighted by Crippen LogP contribution is -2.34. The van der Waals surface area contributed by atoms with Crippen LogP contribution in [-0.4, -0.2) is 26.6 Å². The van der Waals surface area contributed by atoms with Crippen LogP contribution in [0.4, 0.5) is 5.69 Å². The Bertz CT molecular complexity index is 1260. The fourth-order valence-corrected chi connectivity index (χ4v) is 5.07. The first-order valence-corrected chi connectivity index (χ1v) is 10.8. The van der Waals surface area contributed by atoms with Gasteiger partial charge in [0, 0.05) is 22.6 Å². The van der Waals surface area contributed by atoms with Gasteiger partial charge in [0.15, 0.2) is 0 Å². The van der Waals surface area contributed by atoms with Crippen LogP contribution in [-0.2, 0) is 17.6 Å². The van der Waals surface area contributed by atoms with Gasteiger partial charge in [0.25, 0.3) is 17.2 Å². The number of hydrazone groups is 1. The van der Waals surface area contributed by atoms with Crippen molar-refractivity contribution in [3.05, 3.63) is 67.1 Å². The van der Waals surface area contributed by atoms with Crippen molar-refractivity contribution in [2.45, 2.75) is 39.2 Å². The minimum atomic E-state index is -0.815. The highest BCUT2D eigenvalue weighted by Gasteiger charge is 2.25. The maximum Gasteiger partial charge on any atom is 0.270 e. The van der Waals surface area contributed by atoms with E-state index >= 15 is 0 Å². The van der Waals surface area contributed by atoms with Crippen LogP contribution in [0.25, 0.3) is 10.2 Å². The third kappa shape index (κ3) is 4.11. The van der Waals surface area contributed by atoms with Gasteiger partial charge < -0.3 is 0 Å². The Morgan fingerprint density at radius 1 is 1.48 bits per heavy atom. The molecule has 0 saturated carbocycles. The molecule has 1 aromatic carbocycles. The molecule has 4 rings (SSSR count). The number of rotatable bonds is 5. The fraction of sp³-hybridized carbons (Fsp3) is 0.333. The van der Waals surface area contributed by atoms with Crippen molar-refractivity contribution in [3.63, 3.8) is 0 Å². The maximum absolute atomic E-state index is 13.1. The van der Waals surface area contributed by atoms with E-state index in [2.05, 4.69) is 22.4 Å². The molecule has 0 bridgehead atoms. The number of aryl methyl sites for hydroxylation is 1. The highest BCUT2D eigenvalue weighted by atomic mass is 32.1. The summed E-state index contributed by atoms with van der Waals surface area (Å²) in [6.45, 7) is 3.81. The first kappa shape index (κ1) is 20.9. The number of hydrogen-bond donors (Lipinski definition) is 1. The summed E-state index contributed by atoms with van der Waals surface area (Å²) in [5, 5.41) is 15.3. The van der Waals surface area contributed by atoms with Crippen LogP contribution in [0, 0.1) is 16.0 Å². The van der Waals surface area contributed by atoms with Crippen LogP contribution in [0.3, 0.4) is 0 Å². The van der Waals surface area contributed by atoms with Crippen molar-refractivity contribution in [2.75, 3.05) is 0 Å². The van der Waals surface area contributed by atoms with E-state index in [-0.39, 0.29) is 11.2 Å². The van der Waals surface area contributed by atoms with Gasteiger partial charge in [-0.05, 0) is 37.7 Å². The zero-order valence-electron chi connectivity index (χ0n) is 17.1. The second-order valence-corrected chi connectivity index (χ2v) is 8.83. The predicted molar refractivity (Wildman–Crippen MR) is 119 cm³/mol. The molecule has 10 heteroatoms.